The first-order valence-corrected chi connectivity index (χ1v) is 7.56. The molecule has 1 fully saturated rings. The van der Waals surface area contributed by atoms with Crippen LogP contribution in [0.15, 0.2) is 12.3 Å². The molecule has 3 atom stereocenters. The zero-order valence-corrected chi connectivity index (χ0v) is 12.4. The summed E-state index contributed by atoms with van der Waals surface area (Å²) in [5.41, 5.74) is 7.36. The van der Waals surface area contributed by atoms with Gasteiger partial charge in [0.1, 0.15) is 0 Å². The molecule has 0 spiro atoms. The minimum atomic E-state index is 0.0579. The first-order valence-electron chi connectivity index (χ1n) is 7.56. The zero-order valence-electron chi connectivity index (χ0n) is 12.4. The maximum Gasteiger partial charge on any atom is 0.0756 e. The van der Waals surface area contributed by atoms with Gasteiger partial charge in [-0.1, -0.05) is 20.8 Å². The number of nitrogens with zero attached hydrogens (tertiary/aromatic N) is 2. The quantitative estimate of drug-likeness (QED) is 0.860. The molecule has 1 saturated heterocycles. The van der Waals surface area contributed by atoms with Gasteiger partial charge >= 0.3 is 0 Å². The molecule has 108 valence electrons. The van der Waals surface area contributed by atoms with Gasteiger partial charge in [-0.05, 0) is 31.2 Å². The number of hydrogen-bond donors (Lipinski definition) is 1. The van der Waals surface area contributed by atoms with E-state index in [1.165, 1.54) is 0 Å². The molecule has 2 rings (SSSR count). The van der Waals surface area contributed by atoms with Crippen molar-refractivity contribution in [3.05, 3.63) is 18.0 Å². The summed E-state index contributed by atoms with van der Waals surface area (Å²) in [6.07, 6.45) is 6.44. The summed E-state index contributed by atoms with van der Waals surface area (Å²) in [5, 5.41) is 4.67. The average Bonchev–Trinajstić information content (AvgIpc) is 3.00. The Morgan fingerprint density at radius 2 is 2.21 bits per heavy atom. The van der Waals surface area contributed by atoms with E-state index in [-0.39, 0.29) is 12.1 Å². The molecule has 0 aliphatic carbocycles. The number of ether oxygens (including phenoxy) is 1. The summed E-state index contributed by atoms with van der Waals surface area (Å²) in [6.45, 7) is 7.48. The molecule has 4 nitrogen and oxygen atoms in total. The molecular formula is C15H27N3O. The molecule has 19 heavy (non-hydrogen) atoms. The van der Waals surface area contributed by atoms with Crippen molar-refractivity contribution in [3.8, 4) is 0 Å². The Kier molecular flexibility index (Phi) is 4.99. The molecule has 4 heteroatoms. The van der Waals surface area contributed by atoms with Crippen molar-refractivity contribution in [2.75, 3.05) is 6.61 Å². The smallest absolute Gasteiger partial charge is 0.0756 e. The van der Waals surface area contributed by atoms with Gasteiger partial charge in [0.05, 0.1) is 17.8 Å². The second-order valence-electron chi connectivity index (χ2n) is 5.73. The third-order valence-electron chi connectivity index (χ3n) is 4.29. The second kappa shape index (κ2) is 6.53. The van der Waals surface area contributed by atoms with Crippen LogP contribution in [0.1, 0.15) is 51.8 Å². The fourth-order valence-electron chi connectivity index (χ4n) is 2.97. The molecule has 0 amide bonds. The van der Waals surface area contributed by atoms with Crippen LogP contribution >= 0.6 is 0 Å². The van der Waals surface area contributed by atoms with Crippen LogP contribution < -0.4 is 5.73 Å². The van der Waals surface area contributed by atoms with Gasteiger partial charge in [-0.15, -0.1) is 0 Å². The van der Waals surface area contributed by atoms with Crippen molar-refractivity contribution in [2.45, 2.75) is 64.6 Å². The van der Waals surface area contributed by atoms with Crippen LogP contribution in [0.2, 0.25) is 0 Å². The van der Waals surface area contributed by atoms with E-state index in [0.717, 1.165) is 38.0 Å². The molecule has 3 unspecified atom stereocenters. The van der Waals surface area contributed by atoms with Crippen LogP contribution in [0.5, 0.6) is 0 Å². The lowest BCUT2D eigenvalue weighted by atomic mass is 9.95. The molecule has 0 saturated carbocycles. The van der Waals surface area contributed by atoms with Gasteiger partial charge in [-0.25, -0.2) is 0 Å². The highest BCUT2D eigenvalue weighted by Gasteiger charge is 2.30. The van der Waals surface area contributed by atoms with Crippen LogP contribution in [-0.4, -0.2) is 28.5 Å². The molecule has 0 bridgehead atoms. The number of aromatic nitrogens is 2. The van der Waals surface area contributed by atoms with Crippen LogP contribution in [0, 0.1) is 5.92 Å². The molecular weight excluding hydrogens is 238 g/mol. The van der Waals surface area contributed by atoms with Crippen LogP contribution in [0.4, 0.5) is 0 Å². The Hall–Kier alpha value is -0.870. The highest BCUT2D eigenvalue weighted by Crippen LogP contribution is 2.23. The van der Waals surface area contributed by atoms with Gasteiger partial charge in [0.25, 0.3) is 0 Å². The van der Waals surface area contributed by atoms with Crippen molar-refractivity contribution in [1.29, 1.82) is 0 Å². The van der Waals surface area contributed by atoms with Gasteiger partial charge in [-0.2, -0.15) is 5.10 Å². The topological polar surface area (TPSA) is 53.1 Å². The minimum absolute atomic E-state index is 0.0579. The number of rotatable bonds is 6. The van der Waals surface area contributed by atoms with Crippen LogP contribution in [0.25, 0.3) is 0 Å². The molecule has 1 aliphatic heterocycles. The fraction of sp³-hybridized carbons (Fsp3) is 0.800. The SMILES string of the molecule is CCC(CC)n1ccc(CC(N)C2OCCC2C)n1. The van der Waals surface area contributed by atoms with Crippen molar-refractivity contribution in [2.24, 2.45) is 11.7 Å². The lowest BCUT2D eigenvalue weighted by Crippen LogP contribution is -2.39. The van der Waals surface area contributed by atoms with Gasteiger partial charge < -0.3 is 10.5 Å². The Morgan fingerprint density at radius 1 is 1.47 bits per heavy atom. The van der Waals surface area contributed by atoms with E-state index >= 15 is 0 Å². The lowest BCUT2D eigenvalue weighted by Gasteiger charge is -2.21. The first kappa shape index (κ1) is 14.5. The Balaban J connectivity index is 1.95. The summed E-state index contributed by atoms with van der Waals surface area (Å²) in [5.74, 6) is 0.566. The first-order chi connectivity index (χ1) is 9.15. The second-order valence-corrected chi connectivity index (χ2v) is 5.73. The molecule has 2 heterocycles. The summed E-state index contributed by atoms with van der Waals surface area (Å²) >= 11 is 0. The Labute approximate surface area is 116 Å². The van der Waals surface area contributed by atoms with E-state index in [2.05, 4.69) is 42.8 Å². The maximum absolute atomic E-state index is 6.28. The van der Waals surface area contributed by atoms with E-state index < -0.39 is 0 Å². The third kappa shape index (κ3) is 3.37. The van der Waals surface area contributed by atoms with Gasteiger partial charge in [0.15, 0.2) is 0 Å². The van der Waals surface area contributed by atoms with Gasteiger partial charge in [0, 0.05) is 25.3 Å². The Bertz CT molecular complexity index is 386. The monoisotopic (exact) mass is 265 g/mol. The number of nitrogens with two attached hydrogens (primary N) is 1. The van der Waals surface area contributed by atoms with E-state index in [4.69, 9.17) is 10.5 Å². The van der Waals surface area contributed by atoms with Crippen molar-refractivity contribution in [1.82, 2.24) is 9.78 Å². The van der Waals surface area contributed by atoms with E-state index in [1.54, 1.807) is 0 Å². The summed E-state index contributed by atoms with van der Waals surface area (Å²) < 4.78 is 7.82. The summed E-state index contributed by atoms with van der Waals surface area (Å²) in [4.78, 5) is 0. The predicted octanol–water partition coefficient (Wildman–Crippen LogP) is 2.54. The lowest BCUT2D eigenvalue weighted by molar-refractivity contribution is 0.0723. The largest absolute Gasteiger partial charge is 0.376 e. The predicted molar refractivity (Wildman–Crippen MR) is 77.0 cm³/mol. The van der Waals surface area contributed by atoms with E-state index in [0.29, 0.717) is 12.0 Å². The third-order valence-corrected chi connectivity index (χ3v) is 4.29. The zero-order chi connectivity index (χ0) is 13.8. The molecule has 1 aromatic rings. The Morgan fingerprint density at radius 3 is 2.79 bits per heavy atom. The fourth-order valence-corrected chi connectivity index (χ4v) is 2.97. The van der Waals surface area contributed by atoms with Gasteiger partial charge in [-0.3, -0.25) is 4.68 Å². The molecule has 1 aromatic heterocycles. The van der Waals surface area contributed by atoms with Crippen LogP contribution in [-0.2, 0) is 11.2 Å². The maximum atomic E-state index is 6.28. The molecule has 2 N–H and O–H groups in total. The highest BCUT2D eigenvalue weighted by atomic mass is 16.5. The molecule has 0 aromatic carbocycles. The summed E-state index contributed by atoms with van der Waals surface area (Å²) in [7, 11) is 0. The normalized spacial score (nSPS) is 25.1. The molecule has 1 aliphatic rings. The average molecular weight is 265 g/mol. The van der Waals surface area contributed by atoms with Crippen molar-refractivity contribution < 1.29 is 4.74 Å². The minimum Gasteiger partial charge on any atom is -0.376 e. The summed E-state index contributed by atoms with van der Waals surface area (Å²) in [6, 6.07) is 2.66. The van der Waals surface area contributed by atoms with E-state index in [9.17, 15) is 0 Å². The van der Waals surface area contributed by atoms with Crippen molar-refractivity contribution in [3.63, 3.8) is 0 Å². The van der Waals surface area contributed by atoms with Crippen molar-refractivity contribution >= 4 is 0 Å². The van der Waals surface area contributed by atoms with Crippen LogP contribution in [0.3, 0.4) is 0 Å². The standard InChI is InChI=1S/C15H27N3O/c1-4-13(5-2)18-8-6-12(17-18)10-14(16)15-11(3)7-9-19-15/h6,8,11,13-15H,4-5,7,9-10,16H2,1-3H3. The van der Waals surface area contributed by atoms with E-state index in [1.807, 2.05) is 0 Å². The van der Waals surface area contributed by atoms with Gasteiger partial charge in [0.2, 0.25) is 0 Å². The highest BCUT2D eigenvalue weighted by molar-refractivity contribution is 5.03. The molecule has 0 radical (unpaired) electrons. The number of hydrogen-bond acceptors (Lipinski definition) is 3.